The molecule has 0 unspecified atom stereocenters. The van der Waals surface area contributed by atoms with Crippen LogP contribution in [0.15, 0.2) is 11.8 Å². The highest BCUT2D eigenvalue weighted by Gasteiger charge is 2.23. The zero-order chi connectivity index (χ0) is 12.7. The highest BCUT2D eigenvalue weighted by molar-refractivity contribution is 6.46. The maximum Gasteiger partial charge on any atom is 0.460 e. The topological polar surface area (TPSA) is 18.5 Å². The smallest absolute Gasteiger partial charge is 0.460 e. The van der Waals surface area contributed by atoms with Gasteiger partial charge < -0.3 is 8.85 Å². The van der Waals surface area contributed by atoms with Crippen LogP contribution in [0.3, 0.4) is 0 Å². The summed E-state index contributed by atoms with van der Waals surface area (Å²) in [5.74, 6) is 1.81. The predicted octanol–water partition coefficient (Wildman–Crippen LogP) is 4.42. The van der Waals surface area contributed by atoms with Gasteiger partial charge in [-0.25, -0.2) is 0 Å². The Hall–Kier alpha value is -0.283. The average molecular weight is 255 g/mol. The van der Waals surface area contributed by atoms with Gasteiger partial charge in [-0.3, -0.25) is 0 Å². The largest absolute Gasteiger partial charge is 0.523 e. The van der Waals surface area contributed by atoms with Crippen molar-refractivity contribution in [3.05, 3.63) is 11.8 Å². The van der Waals surface area contributed by atoms with Crippen LogP contribution < -0.4 is 0 Å². The van der Waals surface area contributed by atoms with Gasteiger partial charge in [-0.15, -0.1) is 0 Å². The van der Waals surface area contributed by atoms with Gasteiger partial charge in [0.1, 0.15) is 0 Å². The molecule has 1 fully saturated rings. The second kappa shape index (κ2) is 7.93. The average Bonchev–Trinajstić information content (AvgIpc) is 2.29. The highest BCUT2D eigenvalue weighted by Crippen LogP contribution is 2.26. The summed E-state index contributed by atoms with van der Waals surface area (Å²) in [7, 11) is -1.13. The first kappa shape index (κ1) is 14.8. The van der Waals surface area contributed by atoms with E-state index in [9.17, 15) is 0 Å². The number of hydrogen-bond acceptors (Lipinski definition) is 2. The Morgan fingerprint density at radius 3 is 2.47 bits per heavy atom. The standard InChI is InChI=1S/C14H27O2Si/c1-5-15-17(12(2)3)16-13(4)11-14-9-7-6-8-10-14/h11-12,14H,5-10H2,1-4H3. The molecule has 0 heterocycles. The molecule has 0 aliphatic heterocycles. The quantitative estimate of drug-likeness (QED) is 0.516. The third-order valence-electron chi connectivity index (χ3n) is 3.14. The van der Waals surface area contributed by atoms with Gasteiger partial charge in [0.2, 0.25) is 0 Å². The van der Waals surface area contributed by atoms with Gasteiger partial charge in [0, 0.05) is 12.1 Å². The summed E-state index contributed by atoms with van der Waals surface area (Å²) >= 11 is 0. The summed E-state index contributed by atoms with van der Waals surface area (Å²) in [6.45, 7) is 9.23. The molecule has 0 N–H and O–H groups in total. The van der Waals surface area contributed by atoms with Gasteiger partial charge in [-0.2, -0.15) is 0 Å². The van der Waals surface area contributed by atoms with Gasteiger partial charge in [0.25, 0.3) is 0 Å². The molecule has 1 aliphatic rings. The maximum atomic E-state index is 6.00. The lowest BCUT2D eigenvalue weighted by atomic mass is 9.89. The molecule has 0 atom stereocenters. The van der Waals surface area contributed by atoms with Crippen LogP contribution in [0.4, 0.5) is 0 Å². The fraction of sp³-hybridized carbons (Fsp3) is 0.857. The van der Waals surface area contributed by atoms with E-state index in [-0.39, 0.29) is 0 Å². The summed E-state index contributed by atoms with van der Waals surface area (Å²) in [6, 6.07) is 0. The Morgan fingerprint density at radius 2 is 1.94 bits per heavy atom. The van der Waals surface area contributed by atoms with Crippen molar-refractivity contribution in [1.82, 2.24) is 0 Å². The first-order valence-electron chi connectivity index (χ1n) is 6.99. The van der Waals surface area contributed by atoms with Crippen LogP contribution in [0.1, 0.15) is 59.8 Å². The molecule has 1 radical (unpaired) electrons. The Balaban J connectivity index is 2.44. The van der Waals surface area contributed by atoms with Gasteiger partial charge in [0.05, 0.1) is 5.76 Å². The third kappa shape index (κ3) is 5.73. The van der Waals surface area contributed by atoms with Crippen LogP contribution >= 0.6 is 0 Å². The number of rotatable bonds is 6. The van der Waals surface area contributed by atoms with Gasteiger partial charge in [0.15, 0.2) is 0 Å². The van der Waals surface area contributed by atoms with E-state index in [0.717, 1.165) is 18.3 Å². The number of allylic oxidation sites excluding steroid dienone is 2. The molecule has 0 aromatic carbocycles. The zero-order valence-electron chi connectivity index (χ0n) is 11.8. The molecule has 1 aliphatic carbocycles. The Morgan fingerprint density at radius 1 is 1.29 bits per heavy atom. The second-order valence-corrected chi connectivity index (χ2v) is 7.47. The van der Waals surface area contributed by atoms with Crippen molar-refractivity contribution in [2.45, 2.75) is 65.3 Å². The van der Waals surface area contributed by atoms with E-state index >= 15 is 0 Å². The van der Waals surface area contributed by atoms with Gasteiger partial charge in [-0.05, 0) is 38.7 Å². The highest BCUT2D eigenvalue weighted by atomic mass is 28.3. The van der Waals surface area contributed by atoms with E-state index in [1.807, 2.05) is 6.92 Å². The van der Waals surface area contributed by atoms with E-state index in [2.05, 4.69) is 26.8 Å². The Bertz CT molecular complexity index is 232. The molecule has 1 rings (SSSR count). The van der Waals surface area contributed by atoms with E-state index in [0.29, 0.717) is 5.54 Å². The van der Waals surface area contributed by atoms with Crippen molar-refractivity contribution in [1.29, 1.82) is 0 Å². The van der Waals surface area contributed by atoms with Crippen molar-refractivity contribution in [3.63, 3.8) is 0 Å². The molecule has 17 heavy (non-hydrogen) atoms. The molecule has 1 saturated carbocycles. The van der Waals surface area contributed by atoms with Crippen molar-refractivity contribution < 1.29 is 8.85 Å². The third-order valence-corrected chi connectivity index (χ3v) is 5.18. The molecular weight excluding hydrogens is 228 g/mol. The fourth-order valence-corrected chi connectivity index (χ4v) is 3.58. The summed E-state index contributed by atoms with van der Waals surface area (Å²) in [4.78, 5) is 0. The van der Waals surface area contributed by atoms with Crippen LogP contribution in [0.2, 0.25) is 5.54 Å². The van der Waals surface area contributed by atoms with Crippen molar-refractivity contribution >= 4 is 9.28 Å². The number of hydrogen-bond donors (Lipinski definition) is 0. The van der Waals surface area contributed by atoms with Crippen molar-refractivity contribution in [2.24, 2.45) is 5.92 Å². The molecule has 0 amide bonds. The first-order chi connectivity index (χ1) is 8.13. The molecule has 2 nitrogen and oxygen atoms in total. The molecular formula is C14H27O2Si. The van der Waals surface area contributed by atoms with Crippen LogP contribution in [0.5, 0.6) is 0 Å². The zero-order valence-corrected chi connectivity index (χ0v) is 12.8. The second-order valence-electron chi connectivity index (χ2n) is 5.18. The van der Waals surface area contributed by atoms with E-state index in [1.54, 1.807) is 0 Å². The van der Waals surface area contributed by atoms with Crippen LogP contribution in [-0.4, -0.2) is 15.9 Å². The summed E-state index contributed by atoms with van der Waals surface area (Å²) in [5.41, 5.74) is 0.495. The van der Waals surface area contributed by atoms with Crippen molar-refractivity contribution in [2.75, 3.05) is 6.61 Å². The summed E-state index contributed by atoms with van der Waals surface area (Å²) < 4.78 is 11.7. The minimum atomic E-state index is -1.13. The summed E-state index contributed by atoms with van der Waals surface area (Å²) in [6.07, 6.45) is 9.15. The van der Waals surface area contributed by atoms with Crippen LogP contribution in [0, 0.1) is 5.92 Å². The fourth-order valence-electron chi connectivity index (χ4n) is 2.28. The summed E-state index contributed by atoms with van der Waals surface area (Å²) in [5, 5.41) is 0. The first-order valence-corrected chi connectivity index (χ1v) is 8.38. The maximum absolute atomic E-state index is 6.00. The minimum absolute atomic E-state index is 0.495. The van der Waals surface area contributed by atoms with Gasteiger partial charge >= 0.3 is 9.28 Å². The lowest BCUT2D eigenvalue weighted by Crippen LogP contribution is -2.25. The Kier molecular flexibility index (Phi) is 6.89. The molecule has 0 spiro atoms. The van der Waals surface area contributed by atoms with E-state index in [4.69, 9.17) is 8.85 Å². The van der Waals surface area contributed by atoms with E-state index in [1.165, 1.54) is 32.1 Å². The Labute approximate surface area is 108 Å². The van der Waals surface area contributed by atoms with E-state index < -0.39 is 9.28 Å². The molecule has 0 bridgehead atoms. The predicted molar refractivity (Wildman–Crippen MR) is 73.9 cm³/mol. The molecule has 0 aromatic heterocycles. The minimum Gasteiger partial charge on any atom is -0.523 e. The van der Waals surface area contributed by atoms with Crippen LogP contribution in [0.25, 0.3) is 0 Å². The van der Waals surface area contributed by atoms with Crippen molar-refractivity contribution in [3.8, 4) is 0 Å². The normalized spacial score (nSPS) is 19.1. The molecule has 99 valence electrons. The van der Waals surface area contributed by atoms with Gasteiger partial charge in [-0.1, -0.05) is 33.1 Å². The lowest BCUT2D eigenvalue weighted by molar-refractivity contribution is 0.238. The molecule has 0 aromatic rings. The van der Waals surface area contributed by atoms with Crippen LogP contribution in [-0.2, 0) is 8.85 Å². The molecule has 3 heteroatoms. The molecule has 0 saturated heterocycles. The lowest BCUT2D eigenvalue weighted by Gasteiger charge is -2.22. The SMILES string of the molecule is CCO[Si](OC(C)=CC1CCCCC1)C(C)C. The monoisotopic (exact) mass is 255 g/mol.